The van der Waals surface area contributed by atoms with Gasteiger partial charge in [0.15, 0.2) is 0 Å². The van der Waals surface area contributed by atoms with Gasteiger partial charge >= 0.3 is 0 Å². The molecule has 0 saturated heterocycles. The summed E-state index contributed by atoms with van der Waals surface area (Å²) >= 11 is 3.59. The highest BCUT2D eigenvalue weighted by molar-refractivity contribution is 9.09. The van der Waals surface area contributed by atoms with E-state index >= 15 is 0 Å². The molecule has 0 fully saturated rings. The summed E-state index contributed by atoms with van der Waals surface area (Å²) in [5, 5.41) is 0. The first kappa shape index (κ1) is 13.6. The van der Waals surface area contributed by atoms with Gasteiger partial charge in [0, 0.05) is 4.83 Å². The Bertz CT molecular complexity index is 303. The zero-order chi connectivity index (χ0) is 12.1. The zero-order valence-corrected chi connectivity index (χ0v) is 12.1. The summed E-state index contributed by atoms with van der Waals surface area (Å²) in [6.45, 7) is 8.54. The van der Waals surface area contributed by atoms with E-state index in [2.05, 4.69) is 54.0 Å². The van der Waals surface area contributed by atoms with Crippen LogP contribution in [0.25, 0.3) is 0 Å². The minimum absolute atomic E-state index is 0.242. The molecule has 2 unspecified atom stereocenters. The van der Waals surface area contributed by atoms with Crippen LogP contribution >= 0.6 is 15.9 Å². The summed E-state index contributed by atoms with van der Waals surface area (Å²) < 4.78 is 5.62. The smallest absolute Gasteiger partial charge is 0.119 e. The second kappa shape index (κ2) is 6.29. The molecule has 0 heterocycles. The van der Waals surface area contributed by atoms with Crippen molar-refractivity contribution in [1.29, 1.82) is 0 Å². The standard InChI is InChI=1S/C14H21BrO/c1-10(2)16-14-7-5-13(6-8-14)11(3)9-12(4)15/h5-8,10-12H,9H2,1-4H3. The molecule has 90 valence electrons. The molecule has 0 aliphatic rings. The van der Waals surface area contributed by atoms with E-state index < -0.39 is 0 Å². The first-order valence-corrected chi connectivity index (χ1v) is 6.81. The highest BCUT2D eigenvalue weighted by Crippen LogP contribution is 2.25. The van der Waals surface area contributed by atoms with Crippen molar-refractivity contribution >= 4 is 15.9 Å². The quantitative estimate of drug-likeness (QED) is 0.709. The van der Waals surface area contributed by atoms with E-state index in [1.807, 2.05) is 13.8 Å². The molecule has 0 bridgehead atoms. The molecule has 1 rings (SSSR count). The van der Waals surface area contributed by atoms with Crippen molar-refractivity contribution in [3.8, 4) is 5.75 Å². The fraction of sp³-hybridized carbons (Fsp3) is 0.571. The van der Waals surface area contributed by atoms with Gasteiger partial charge in [0.2, 0.25) is 0 Å². The van der Waals surface area contributed by atoms with Crippen molar-refractivity contribution < 1.29 is 4.74 Å². The summed E-state index contributed by atoms with van der Waals surface area (Å²) in [4.78, 5) is 0.564. The Morgan fingerprint density at radius 3 is 2.06 bits per heavy atom. The maximum absolute atomic E-state index is 5.62. The molecular formula is C14H21BrO. The Labute approximate surface area is 107 Å². The highest BCUT2D eigenvalue weighted by Gasteiger charge is 2.08. The van der Waals surface area contributed by atoms with E-state index in [1.165, 1.54) is 5.56 Å². The van der Waals surface area contributed by atoms with Crippen LogP contribution in [0.2, 0.25) is 0 Å². The number of ether oxygens (including phenoxy) is 1. The van der Waals surface area contributed by atoms with Crippen molar-refractivity contribution in [1.82, 2.24) is 0 Å². The molecule has 0 aliphatic carbocycles. The van der Waals surface area contributed by atoms with Gasteiger partial charge in [-0.3, -0.25) is 0 Å². The molecule has 1 aromatic carbocycles. The first-order chi connectivity index (χ1) is 7.49. The van der Waals surface area contributed by atoms with Crippen LogP contribution < -0.4 is 4.74 Å². The summed E-state index contributed by atoms with van der Waals surface area (Å²) in [5.41, 5.74) is 1.38. The monoisotopic (exact) mass is 284 g/mol. The second-order valence-corrected chi connectivity index (χ2v) is 6.22. The molecule has 0 spiro atoms. The van der Waals surface area contributed by atoms with Gasteiger partial charge in [-0.1, -0.05) is 41.9 Å². The van der Waals surface area contributed by atoms with E-state index in [1.54, 1.807) is 0 Å². The van der Waals surface area contributed by atoms with Crippen LogP contribution in [0.5, 0.6) is 5.75 Å². The number of hydrogen-bond acceptors (Lipinski definition) is 1. The molecular weight excluding hydrogens is 264 g/mol. The number of benzene rings is 1. The van der Waals surface area contributed by atoms with Crippen LogP contribution in [-0.4, -0.2) is 10.9 Å². The van der Waals surface area contributed by atoms with Crippen molar-refractivity contribution in [2.75, 3.05) is 0 Å². The van der Waals surface area contributed by atoms with Crippen LogP contribution in [0.1, 0.15) is 45.6 Å². The predicted molar refractivity (Wildman–Crippen MR) is 73.6 cm³/mol. The van der Waals surface area contributed by atoms with Gasteiger partial charge in [-0.15, -0.1) is 0 Å². The maximum atomic E-state index is 5.62. The average molecular weight is 285 g/mol. The molecule has 2 heteroatoms. The van der Waals surface area contributed by atoms with Gasteiger partial charge < -0.3 is 4.74 Å². The molecule has 2 atom stereocenters. The first-order valence-electron chi connectivity index (χ1n) is 5.89. The summed E-state index contributed by atoms with van der Waals surface area (Å²) in [6, 6.07) is 8.45. The molecule has 0 aliphatic heterocycles. The van der Waals surface area contributed by atoms with Crippen LogP contribution in [0, 0.1) is 0 Å². The number of rotatable bonds is 5. The fourth-order valence-electron chi connectivity index (χ4n) is 1.77. The highest BCUT2D eigenvalue weighted by atomic mass is 79.9. The zero-order valence-electron chi connectivity index (χ0n) is 10.5. The minimum Gasteiger partial charge on any atom is -0.491 e. The molecule has 16 heavy (non-hydrogen) atoms. The van der Waals surface area contributed by atoms with Gasteiger partial charge in [-0.25, -0.2) is 0 Å². The Balaban J connectivity index is 2.63. The lowest BCUT2D eigenvalue weighted by molar-refractivity contribution is 0.242. The molecule has 0 saturated carbocycles. The number of alkyl halides is 1. The molecule has 0 amide bonds. The number of halogens is 1. The van der Waals surface area contributed by atoms with Crippen molar-refractivity contribution in [2.45, 2.75) is 51.0 Å². The van der Waals surface area contributed by atoms with E-state index in [4.69, 9.17) is 4.74 Å². The molecule has 1 nitrogen and oxygen atoms in total. The van der Waals surface area contributed by atoms with E-state index in [0.29, 0.717) is 10.7 Å². The van der Waals surface area contributed by atoms with Crippen LogP contribution in [0.3, 0.4) is 0 Å². The van der Waals surface area contributed by atoms with E-state index in [9.17, 15) is 0 Å². The third-order valence-electron chi connectivity index (χ3n) is 2.50. The average Bonchev–Trinajstić information content (AvgIpc) is 2.16. The lowest BCUT2D eigenvalue weighted by Gasteiger charge is -2.15. The Morgan fingerprint density at radius 1 is 1.06 bits per heavy atom. The minimum atomic E-state index is 0.242. The van der Waals surface area contributed by atoms with Gasteiger partial charge in [-0.2, -0.15) is 0 Å². The van der Waals surface area contributed by atoms with E-state index in [0.717, 1.165) is 12.2 Å². The van der Waals surface area contributed by atoms with Gasteiger partial charge in [0.05, 0.1) is 6.10 Å². The summed E-state index contributed by atoms with van der Waals surface area (Å²) in [5.74, 6) is 1.54. The summed E-state index contributed by atoms with van der Waals surface area (Å²) in [7, 11) is 0. The molecule has 0 radical (unpaired) electrons. The Hall–Kier alpha value is -0.500. The van der Waals surface area contributed by atoms with Crippen LogP contribution in [0.15, 0.2) is 24.3 Å². The van der Waals surface area contributed by atoms with Crippen molar-refractivity contribution in [2.24, 2.45) is 0 Å². The topological polar surface area (TPSA) is 9.23 Å². The van der Waals surface area contributed by atoms with Gasteiger partial charge in [0.25, 0.3) is 0 Å². The van der Waals surface area contributed by atoms with Gasteiger partial charge in [0.1, 0.15) is 5.75 Å². The fourth-order valence-corrected chi connectivity index (χ4v) is 2.33. The summed E-state index contributed by atoms with van der Waals surface area (Å²) in [6.07, 6.45) is 1.40. The largest absolute Gasteiger partial charge is 0.491 e. The number of hydrogen-bond donors (Lipinski definition) is 0. The normalized spacial score (nSPS) is 14.9. The molecule has 0 N–H and O–H groups in total. The second-order valence-electron chi connectivity index (χ2n) is 4.65. The predicted octanol–water partition coefficient (Wildman–Crippen LogP) is 4.75. The SMILES string of the molecule is CC(Br)CC(C)c1ccc(OC(C)C)cc1. The molecule has 1 aromatic rings. The third-order valence-corrected chi connectivity index (χ3v) is 2.87. The Kier molecular flexibility index (Phi) is 5.33. The van der Waals surface area contributed by atoms with Crippen molar-refractivity contribution in [3.63, 3.8) is 0 Å². The van der Waals surface area contributed by atoms with E-state index in [-0.39, 0.29) is 6.10 Å². The van der Waals surface area contributed by atoms with Crippen molar-refractivity contribution in [3.05, 3.63) is 29.8 Å². The Morgan fingerprint density at radius 2 is 1.62 bits per heavy atom. The van der Waals surface area contributed by atoms with Crippen LogP contribution in [0.4, 0.5) is 0 Å². The van der Waals surface area contributed by atoms with Gasteiger partial charge in [-0.05, 0) is 43.9 Å². The van der Waals surface area contributed by atoms with Crippen LogP contribution in [-0.2, 0) is 0 Å². The lowest BCUT2D eigenvalue weighted by Crippen LogP contribution is -2.05. The third kappa shape index (κ3) is 4.56. The molecule has 0 aromatic heterocycles. The maximum Gasteiger partial charge on any atom is 0.119 e. The lowest BCUT2D eigenvalue weighted by atomic mass is 9.96.